The number of carbonyl (C=O) groups is 4. The first-order chi connectivity index (χ1) is 17.7. The minimum absolute atomic E-state index is 0.0338. The van der Waals surface area contributed by atoms with Crippen LogP contribution in [0.2, 0.25) is 0 Å². The van der Waals surface area contributed by atoms with Crippen LogP contribution in [0.5, 0.6) is 0 Å². The average molecular weight is 535 g/mol. The van der Waals surface area contributed by atoms with Gasteiger partial charge in [0.1, 0.15) is 29.4 Å². The molecule has 0 aliphatic carbocycles. The molecule has 7 atom stereocenters. The third-order valence-electron chi connectivity index (χ3n) is 6.85. The second kappa shape index (κ2) is 15.7. The summed E-state index contributed by atoms with van der Waals surface area (Å²) in [5.41, 5.74) is -0.681. The largest absolute Gasteiger partial charge is 0.457 e. The Bertz CT molecular complexity index is 913. The van der Waals surface area contributed by atoms with Crippen molar-refractivity contribution in [2.45, 2.75) is 111 Å². The fourth-order valence-electron chi connectivity index (χ4n) is 4.44. The summed E-state index contributed by atoms with van der Waals surface area (Å²) >= 11 is 0. The minimum Gasteiger partial charge on any atom is -0.457 e. The normalized spacial score (nSPS) is 29.1. The maximum atomic E-state index is 12.6. The van der Waals surface area contributed by atoms with Gasteiger partial charge in [-0.25, -0.2) is 0 Å². The van der Waals surface area contributed by atoms with Gasteiger partial charge in [0, 0.05) is 38.0 Å². The van der Waals surface area contributed by atoms with Gasteiger partial charge < -0.3 is 19.7 Å². The second-order valence-electron chi connectivity index (χ2n) is 10.9. The number of esters is 2. The van der Waals surface area contributed by atoms with Gasteiger partial charge in [-0.3, -0.25) is 19.2 Å². The Morgan fingerprint density at radius 3 is 2.47 bits per heavy atom. The highest BCUT2D eigenvalue weighted by molar-refractivity contribution is 5.87. The Kier molecular flexibility index (Phi) is 13.9. The lowest BCUT2D eigenvalue weighted by Crippen LogP contribution is -2.42. The third-order valence-corrected chi connectivity index (χ3v) is 6.85. The van der Waals surface area contributed by atoms with Gasteiger partial charge in [0.25, 0.3) is 0 Å². The molecule has 0 aromatic heterocycles. The van der Waals surface area contributed by atoms with Crippen LogP contribution in [0, 0.1) is 17.8 Å². The second-order valence-corrected chi connectivity index (χ2v) is 10.9. The molecule has 0 fully saturated rings. The van der Waals surface area contributed by atoms with Crippen molar-refractivity contribution in [3.05, 3.63) is 36.0 Å². The summed E-state index contributed by atoms with van der Waals surface area (Å²) in [7, 11) is 0. The van der Waals surface area contributed by atoms with Crippen LogP contribution >= 0.6 is 0 Å². The summed E-state index contributed by atoms with van der Waals surface area (Å²) in [5, 5.41) is 21.2. The number of allylic oxidation sites excluding steroid dienone is 3. The predicted octanol–water partition coefficient (Wildman–Crippen LogP) is 4.42. The molecule has 0 bridgehead atoms. The summed E-state index contributed by atoms with van der Waals surface area (Å²) in [6, 6.07) is 0. The lowest BCUT2D eigenvalue weighted by Gasteiger charge is -2.32. The number of aliphatic hydroxyl groups is 2. The highest BCUT2D eigenvalue weighted by atomic mass is 16.6. The molecule has 214 valence electrons. The van der Waals surface area contributed by atoms with E-state index in [2.05, 4.69) is 0 Å². The lowest BCUT2D eigenvalue weighted by atomic mass is 9.88. The van der Waals surface area contributed by atoms with Crippen LogP contribution in [0.4, 0.5) is 0 Å². The van der Waals surface area contributed by atoms with E-state index in [0.29, 0.717) is 12.8 Å². The molecule has 0 saturated carbocycles. The summed E-state index contributed by atoms with van der Waals surface area (Å²) in [6.45, 7) is 12.0. The van der Waals surface area contributed by atoms with E-state index in [1.165, 1.54) is 13.8 Å². The van der Waals surface area contributed by atoms with E-state index < -0.39 is 35.9 Å². The Labute approximate surface area is 227 Å². The van der Waals surface area contributed by atoms with Crippen LogP contribution in [0.15, 0.2) is 36.0 Å². The fourth-order valence-corrected chi connectivity index (χ4v) is 4.44. The smallest absolute Gasteiger partial charge is 0.309 e. The van der Waals surface area contributed by atoms with Crippen molar-refractivity contribution in [1.29, 1.82) is 0 Å². The molecular formula is C30H46O8. The van der Waals surface area contributed by atoms with Crippen molar-refractivity contribution in [3.63, 3.8) is 0 Å². The zero-order valence-electron chi connectivity index (χ0n) is 23.9. The first-order valence-electron chi connectivity index (χ1n) is 13.5. The molecule has 0 spiro atoms. The van der Waals surface area contributed by atoms with E-state index in [1.54, 1.807) is 26.0 Å². The Hall–Kier alpha value is -2.58. The number of aliphatic hydroxyl groups excluding tert-OH is 1. The Morgan fingerprint density at radius 2 is 1.87 bits per heavy atom. The molecular weight excluding hydrogens is 488 g/mol. The molecule has 0 aromatic carbocycles. The number of hydrogen-bond acceptors (Lipinski definition) is 8. The van der Waals surface area contributed by atoms with E-state index in [1.807, 2.05) is 39.0 Å². The first kappa shape index (κ1) is 33.4. The molecule has 1 aliphatic heterocycles. The summed E-state index contributed by atoms with van der Waals surface area (Å²) in [5.74, 6) is -1.58. The van der Waals surface area contributed by atoms with Crippen molar-refractivity contribution in [2.75, 3.05) is 0 Å². The first-order valence-corrected chi connectivity index (χ1v) is 13.5. The van der Waals surface area contributed by atoms with E-state index in [0.717, 1.165) is 5.57 Å². The average Bonchev–Trinajstić information content (AvgIpc) is 2.81. The molecule has 0 saturated heterocycles. The molecule has 1 heterocycles. The van der Waals surface area contributed by atoms with Gasteiger partial charge in [0.15, 0.2) is 0 Å². The number of hydrogen-bond donors (Lipinski definition) is 2. The lowest BCUT2D eigenvalue weighted by molar-refractivity contribution is -0.157. The summed E-state index contributed by atoms with van der Waals surface area (Å²) in [4.78, 5) is 48.3. The predicted molar refractivity (Wildman–Crippen MR) is 145 cm³/mol. The molecule has 0 aromatic rings. The Balaban J connectivity index is 3.05. The Morgan fingerprint density at radius 1 is 1.21 bits per heavy atom. The SMILES string of the molecule is CCC(=O)C(C)CC(=O)CC(C)C=CC=C(C)C1OC(=O)CC(O)CCC(C)(O)C(OC(C)=O)C=CC1C. The highest BCUT2D eigenvalue weighted by Gasteiger charge is 2.35. The van der Waals surface area contributed by atoms with Crippen molar-refractivity contribution in [1.82, 2.24) is 0 Å². The van der Waals surface area contributed by atoms with Gasteiger partial charge in [-0.15, -0.1) is 0 Å². The number of carbonyl (C=O) groups excluding carboxylic acids is 4. The molecule has 7 unspecified atom stereocenters. The van der Waals surface area contributed by atoms with E-state index in [-0.39, 0.29) is 55.0 Å². The van der Waals surface area contributed by atoms with Gasteiger partial charge in [0.2, 0.25) is 0 Å². The van der Waals surface area contributed by atoms with Crippen molar-refractivity contribution < 1.29 is 38.9 Å². The van der Waals surface area contributed by atoms with Crippen LogP contribution in [0.3, 0.4) is 0 Å². The number of Topliss-reactive ketones (excluding diaryl/α,β-unsaturated/α-hetero) is 2. The van der Waals surface area contributed by atoms with Crippen molar-refractivity contribution in [2.24, 2.45) is 17.8 Å². The van der Waals surface area contributed by atoms with E-state index >= 15 is 0 Å². The number of ether oxygens (including phenoxy) is 2. The molecule has 38 heavy (non-hydrogen) atoms. The van der Waals surface area contributed by atoms with Gasteiger partial charge in [-0.05, 0) is 44.3 Å². The maximum absolute atomic E-state index is 12.6. The highest BCUT2D eigenvalue weighted by Crippen LogP contribution is 2.27. The van der Waals surface area contributed by atoms with Crippen LogP contribution < -0.4 is 0 Å². The van der Waals surface area contributed by atoms with Gasteiger partial charge in [-0.1, -0.05) is 52.0 Å². The van der Waals surface area contributed by atoms with Crippen LogP contribution in [-0.2, 0) is 28.7 Å². The zero-order chi connectivity index (χ0) is 29.0. The van der Waals surface area contributed by atoms with Crippen LogP contribution in [0.1, 0.15) is 87.0 Å². The zero-order valence-corrected chi connectivity index (χ0v) is 23.9. The number of cyclic esters (lactones) is 1. The summed E-state index contributed by atoms with van der Waals surface area (Å²) < 4.78 is 11.1. The van der Waals surface area contributed by atoms with Crippen LogP contribution in [-0.4, -0.2) is 57.6 Å². The van der Waals surface area contributed by atoms with Gasteiger partial charge in [-0.2, -0.15) is 0 Å². The number of rotatable bonds is 10. The minimum atomic E-state index is -1.43. The van der Waals surface area contributed by atoms with Gasteiger partial charge >= 0.3 is 11.9 Å². The quantitative estimate of drug-likeness (QED) is 0.240. The molecule has 1 aliphatic rings. The monoisotopic (exact) mass is 534 g/mol. The molecule has 0 amide bonds. The summed E-state index contributed by atoms with van der Waals surface area (Å²) in [6.07, 6.45) is 7.31. The van der Waals surface area contributed by atoms with Gasteiger partial charge in [0.05, 0.1) is 12.5 Å². The molecule has 0 radical (unpaired) electrons. The van der Waals surface area contributed by atoms with Crippen molar-refractivity contribution in [3.8, 4) is 0 Å². The van der Waals surface area contributed by atoms with Crippen molar-refractivity contribution >= 4 is 23.5 Å². The number of ketones is 2. The van der Waals surface area contributed by atoms with E-state index in [4.69, 9.17) is 9.47 Å². The standard InChI is InChI=1S/C30H46O8/c1-8-26(34)22(5)17-25(33)16-19(2)10-9-11-20(3)29-21(4)12-13-27(37-23(6)31)30(7,36)15-14-24(32)18-28(35)38-29/h9-13,19,21-22,24,27,29,32,36H,8,14-18H2,1-7H3. The van der Waals surface area contributed by atoms with Crippen LogP contribution in [0.25, 0.3) is 0 Å². The topological polar surface area (TPSA) is 127 Å². The molecule has 8 heteroatoms. The third kappa shape index (κ3) is 11.9. The fraction of sp³-hybridized carbons (Fsp3) is 0.667. The molecule has 1 rings (SSSR count). The maximum Gasteiger partial charge on any atom is 0.309 e. The van der Waals surface area contributed by atoms with E-state index in [9.17, 15) is 29.4 Å². The molecule has 8 nitrogen and oxygen atoms in total. The molecule has 2 N–H and O–H groups in total.